The standard InChI is InChI=1S/C6H4Cl3O3P.2K/c7-4-1-3(13(10,11)12)2-5(8)6(4)9;;/h1-2H,(H2,10,11,12);;/q;2*+1/p-2. The number of rotatable bonds is 1. The van der Waals surface area contributed by atoms with Gasteiger partial charge in [0.05, 0.1) is 20.4 Å². The molecule has 0 radical (unpaired) electrons. The van der Waals surface area contributed by atoms with Crippen LogP contribution in [0.1, 0.15) is 0 Å². The van der Waals surface area contributed by atoms with Gasteiger partial charge in [-0.25, -0.2) is 0 Å². The van der Waals surface area contributed by atoms with E-state index in [4.69, 9.17) is 34.8 Å². The molecule has 1 rings (SSSR count). The van der Waals surface area contributed by atoms with Crippen LogP contribution in [0.3, 0.4) is 0 Å². The topological polar surface area (TPSA) is 69.2 Å². The fraction of sp³-hybridized carbons (Fsp3) is 0. The van der Waals surface area contributed by atoms with Crippen LogP contribution in [0.5, 0.6) is 0 Å². The van der Waals surface area contributed by atoms with Gasteiger partial charge in [0.2, 0.25) is 0 Å². The van der Waals surface area contributed by atoms with Gasteiger partial charge in [-0.3, -0.25) is 0 Å². The molecule has 1 aromatic rings. The first-order chi connectivity index (χ1) is 5.82. The quantitative estimate of drug-likeness (QED) is 0.291. The normalized spacial score (nSPS) is 10.3. The van der Waals surface area contributed by atoms with E-state index in [1.165, 1.54) is 0 Å². The van der Waals surface area contributed by atoms with Crippen LogP contribution < -0.4 is 123 Å². The van der Waals surface area contributed by atoms with Crippen LogP contribution in [-0.2, 0) is 0 Å². The summed E-state index contributed by atoms with van der Waals surface area (Å²) in [4.78, 5) is 31.7. The molecule has 9 heteroatoms. The molecule has 15 heavy (non-hydrogen) atoms. The van der Waals surface area contributed by atoms with Crippen molar-refractivity contribution < 1.29 is 117 Å². The van der Waals surface area contributed by atoms with E-state index in [0.29, 0.717) is 0 Å². The Morgan fingerprint density at radius 2 is 1.20 bits per heavy atom. The minimum absolute atomic E-state index is 0. The number of benzene rings is 1. The van der Waals surface area contributed by atoms with Crippen molar-refractivity contribution in [2.24, 2.45) is 0 Å². The summed E-state index contributed by atoms with van der Waals surface area (Å²) >= 11 is 16.6. The van der Waals surface area contributed by atoms with Gasteiger partial charge < -0.3 is 14.7 Å². The maximum absolute atomic E-state index is 10.6. The van der Waals surface area contributed by atoms with Crippen molar-refractivity contribution in [2.45, 2.75) is 0 Å². The van der Waals surface area contributed by atoms with Gasteiger partial charge in [0.25, 0.3) is 0 Å². The summed E-state index contributed by atoms with van der Waals surface area (Å²) in [5.74, 6) is 0. The van der Waals surface area contributed by atoms with E-state index >= 15 is 0 Å². The second-order valence-corrected chi connectivity index (χ2v) is 4.92. The van der Waals surface area contributed by atoms with Crippen molar-refractivity contribution in [3.63, 3.8) is 0 Å². The van der Waals surface area contributed by atoms with Crippen LogP contribution in [0.4, 0.5) is 0 Å². The molecular formula is C6H2Cl3K2O3P. The Kier molecular flexibility index (Phi) is 12.3. The van der Waals surface area contributed by atoms with E-state index in [1.807, 2.05) is 0 Å². The van der Waals surface area contributed by atoms with Gasteiger partial charge >= 0.3 is 103 Å². The largest absolute Gasteiger partial charge is 1.00 e. The van der Waals surface area contributed by atoms with Gasteiger partial charge in [0, 0.05) is 0 Å². The third-order valence-electron chi connectivity index (χ3n) is 1.28. The maximum atomic E-state index is 10.6. The molecule has 0 atom stereocenters. The molecule has 0 spiro atoms. The van der Waals surface area contributed by atoms with Gasteiger partial charge in [-0.2, -0.15) is 0 Å². The predicted octanol–water partition coefficient (Wildman–Crippen LogP) is -5.88. The van der Waals surface area contributed by atoms with Gasteiger partial charge in [0.15, 0.2) is 0 Å². The van der Waals surface area contributed by atoms with Crippen molar-refractivity contribution in [3.8, 4) is 0 Å². The SMILES string of the molecule is [K+].[K+].[O-][P+]([O-])([O-])c1cc(Cl)c(Cl)c(Cl)c1. The minimum Gasteiger partial charge on any atom is -0.683 e. The first kappa shape index (κ1) is 21.0. The van der Waals surface area contributed by atoms with Gasteiger partial charge in [-0.05, 0) is 12.1 Å². The zero-order valence-corrected chi connectivity index (χ0v) is 17.4. The third kappa shape index (κ3) is 6.59. The van der Waals surface area contributed by atoms with Crippen molar-refractivity contribution >= 4 is 48.1 Å². The maximum Gasteiger partial charge on any atom is 1.00 e. The Balaban J connectivity index is 0. The van der Waals surface area contributed by atoms with Crippen LogP contribution in [0.25, 0.3) is 0 Å². The molecule has 3 nitrogen and oxygen atoms in total. The number of hydrogen-bond acceptors (Lipinski definition) is 3. The molecule has 0 aliphatic rings. The second kappa shape index (κ2) is 8.77. The molecule has 0 N–H and O–H groups in total. The second-order valence-electron chi connectivity index (χ2n) is 2.22. The first-order valence-corrected chi connectivity index (χ1v) is 5.67. The predicted molar refractivity (Wildman–Crippen MR) is 48.0 cm³/mol. The molecule has 0 aromatic heterocycles. The van der Waals surface area contributed by atoms with Crippen LogP contribution in [0, 0.1) is 0 Å². The van der Waals surface area contributed by atoms with E-state index in [9.17, 15) is 14.7 Å². The summed E-state index contributed by atoms with van der Waals surface area (Å²) in [5, 5.41) is -0.556. The van der Waals surface area contributed by atoms with Gasteiger partial charge in [0.1, 0.15) is 0 Å². The van der Waals surface area contributed by atoms with Gasteiger partial charge in [-0.1, -0.05) is 34.8 Å². The number of hydrogen-bond donors (Lipinski definition) is 0. The molecule has 0 aliphatic heterocycles. The summed E-state index contributed by atoms with van der Waals surface area (Å²) in [6.07, 6.45) is 0. The summed E-state index contributed by atoms with van der Waals surface area (Å²) in [7, 11) is -4.82. The molecule has 1 aromatic carbocycles. The zero-order valence-electron chi connectivity index (χ0n) is 7.96. The summed E-state index contributed by atoms with van der Waals surface area (Å²) in [6.45, 7) is 0. The van der Waals surface area contributed by atoms with Crippen LogP contribution in [0.15, 0.2) is 12.1 Å². The molecule has 72 valence electrons. The van der Waals surface area contributed by atoms with Gasteiger partial charge in [-0.15, -0.1) is 7.94 Å². The third-order valence-corrected chi connectivity index (χ3v) is 3.37. The molecule has 0 aliphatic carbocycles. The Morgan fingerprint density at radius 1 is 0.867 bits per heavy atom. The molecule has 0 fully saturated rings. The summed E-state index contributed by atoms with van der Waals surface area (Å²) in [6, 6.07) is 1.94. The van der Waals surface area contributed by atoms with Crippen molar-refractivity contribution in [2.75, 3.05) is 0 Å². The monoisotopic (exact) mass is 336 g/mol. The summed E-state index contributed by atoms with van der Waals surface area (Å²) in [5.41, 5.74) is 0. The average Bonchev–Trinajstić information content (AvgIpc) is 1.97. The van der Waals surface area contributed by atoms with E-state index in [2.05, 4.69) is 0 Å². The Bertz CT molecular complexity index is 322. The Morgan fingerprint density at radius 3 is 1.47 bits per heavy atom. The van der Waals surface area contributed by atoms with E-state index in [0.717, 1.165) is 12.1 Å². The molecule has 0 saturated carbocycles. The smallest absolute Gasteiger partial charge is 0.683 e. The van der Waals surface area contributed by atoms with E-state index < -0.39 is 13.2 Å². The van der Waals surface area contributed by atoms with Crippen LogP contribution in [-0.4, -0.2) is 0 Å². The number of halogens is 3. The molecule has 0 heterocycles. The fourth-order valence-electron chi connectivity index (χ4n) is 0.700. The van der Waals surface area contributed by atoms with Crippen molar-refractivity contribution in [3.05, 3.63) is 27.2 Å². The molecular weight excluding hydrogens is 336 g/mol. The van der Waals surface area contributed by atoms with Crippen molar-refractivity contribution in [1.82, 2.24) is 0 Å². The Labute approximate surface area is 188 Å². The zero-order chi connectivity index (χ0) is 10.2. The van der Waals surface area contributed by atoms with E-state index in [-0.39, 0.29) is 118 Å². The Hall–Kier alpha value is 3.67. The molecule has 0 saturated heterocycles. The van der Waals surface area contributed by atoms with E-state index in [1.54, 1.807) is 0 Å². The van der Waals surface area contributed by atoms with Crippen molar-refractivity contribution in [1.29, 1.82) is 0 Å². The van der Waals surface area contributed by atoms with Crippen LogP contribution >= 0.6 is 42.7 Å². The first-order valence-electron chi connectivity index (χ1n) is 2.99. The molecule has 0 amide bonds. The molecule has 0 bridgehead atoms. The fourth-order valence-corrected chi connectivity index (χ4v) is 2.02. The van der Waals surface area contributed by atoms with Crippen LogP contribution in [0.2, 0.25) is 15.1 Å². The average molecular weight is 338 g/mol. The minimum atomic E-state index is -4.82. The molecule has 0 unspecified atom stereocenters. The summed E-state index contributed by atoms with van der Waals surface area (Å²) < 4.78 is 0.